The molecule has 0 aliphatic heterocycles. The molecule has 0 heterocycles. The van der Waals surface area contributed by atoms with Gasteiger partial charge in [-0.15, -0.1) is 0 Å². The van der Waals surface area contributed by atoms with Crippen molar-refractivity contribution in [2.45, 2.75) is 0 Å². The van der Waals surface area contributed by atoms with Crippen LogP contribution in [0.25, 0.3) is 0 Å². The van der Waals surface area contributed by atoms with Gasteiger partial charge in [-0.1, -0.05) is 0 Å². The fourth-order valence-electron chi connectivity index (χ4n) is 0. The van der Waals surface area contributed by atoms with Crippen molar-refractivity contribution in [1.82, 2.24) is 0 Å². The van der Waals surface area contributed by atoms with E-state index in [0.29, 0.717) is 0 Å². The van der Waals surface area contributed by atoms with Gasteiger partial charge in [0.2, 0.25) is 0 Å². The summed E-state index contributed by atoms with van der Waals surface area (Å²) >= 11 is 0. The zero-order valence-electron chi connectivity index (χ0n) is 2.43. The van der Waals surface area contributed by atoms with Gasteiger partial charge in [-0.25, -0.2) is 0 Å². The van der Waals surface area contributed by atoms with Crippen LogP contribution in [-0.4, -0.2) is 29.9 Å². The molecule has 0 aliphatic rings. The van der Waals surface area contributed by atoms with Crippen LogP contribution in [0.3, 0.4) is 0 Å². The Hall–Kier alpha value is 0.452. The third-order valence-corrected chi connectivity index (χ3v) is 0. The maximum absolute atomic E-state index is 8.25. The summed E-state index contributed by atoms with van der Waals surface area (Å²) in [4.78, 5) is 0. The Morgan fingerprint density at radius 2 is 1.25 bits per heavy atom. The molecule has 0 aromatic rings. The number of hydrogen-bond acceptors (Lipinski definition) is 2. The molecule has 0 aliphatic carbocycles. The quantitative estimate of drug-likeness (QED) is 0.326. The molecule has 0 bridgehead atoms. The number of hydrogen-bond donors (Lipinski definition) is 0. The predicted molar refractivity (Wildman–Crippen MR) is 13.6 cm³/mol. The molecule has 0 spiro atoms. The average Bonchev–Trinajstić information content (AvgIpc) is 1.00. The van der Waals surface area contributed by atoms with Gasteiger partial charge < -0.3 is 10.6 Å². The first-order chi connectivity index (χ1) is 1.00. The minimum absolute atomic E-state index is 0. The van der Waals surface area contributed by atoms with Crippen molar-refractivity contribution in [3.8, 4) is 0 Å². The van der Waals surface area contributed by atoms with Crippen LogP contribution in [0.4, 0.5) is 0 Å². The fourth-order valence-corrected chi connectivity index (χ4v) is 0. The van der Waals surface area contributed by atoms with E-state index >= 15 is 0 Å². The molecule has 0 rings (SSSR count). The van der Waals surface area contributed by atoms with Crippen molar-refractivity contribution >= 4 is 17.4 Å². The second-order valence-electron chi connectivity index (χ2n) is 0. The van der Waals surface area contributed by atoms with Crippen LogP contribution in [0.15, 0.2) is 0 Å². The van der Waals surface area contributed by atoms with Crippen molar-refractivity contribution in [2.75, 3.05) is 7.11 Å². The maximum Gasteiger partial charge on any atom is 2.00 e. The van der Waals surface area contributed by atoms with Crippen LogP contribution >= 0.6 is 0 Å². The third-order valence-electron chi connectivity index (χ3n) is 0. The molecule has 23 valence electrons. The molecular weight excluding hydrogens is 71.0 g/mol. The molecule has 0 saturated heterocycles. The predicted octanol–water partition coefficient (Wildman–Crippen LogP) is -1.58. The van der Waals surface area contributed by atoms with Gasteiger partial charge in [-0.05, 0) is 0 Å². The molecule has 0 saturated carbocycles. The van der Waals surface area contributed by atoms with Gasteiger partial charge in [-0.2, -0.15) is 7.11 Å². The van der Waals surface area contributed by atoms with Crippen LogP contribution in [0, 0.1) is 0 Å². The van der Waals surface area contributed by atoms with Gasteiger partial charge in [0.05, 0.1) is 0 Å². The molecule has 0 fully saturated rings. The van der Waals surface area contributed by atoms with Gasteiger partial charge >= 0.3 is 17.4 Å². The Bertz CT molecular complexity index is 6.00. The van der Waals surface area contributed by atoms with Gasteiger partial charge in [0, 0.05) is 0 Å². The van der Waals surface area contributed by atoms with Gasteiger partial charge in [0.15, 0.2) is 0 Å². The van der Waals surface area contributed by atoms with E-state index in [1.807, 2.05) is 0 Å². The molecular formula is CH4AlO2. The number of rotatable bonds is 0. The summed E-state index contributed by atoms with van der Waals surface area (Å²) in [5.74, 6) is 0. The van der Waals surface area contributed by atoms with Gasteiger partial charge in [0.1, 0.15) is 0 Å². The van der Waals surface area contributed by atoms with Crippen molar-refractivity contribution in [1.29, 1.82) is 0 Å². The van der Waals surface area contributed by atoms with Crippen LogP contribution in [-0.2, 0) is 0 Å². The first-order valence-corrected chi connectivity index (χ1v) is 0.408. The van der Waals surface area contributed by atoms with E-state index in [1.54, 1.807) is 0 Å². The summed E-state index contributed by atoms with van der Waals surface area (Å²) in [6.07, 6.45) is 0. The van der Waals surface area contributed by atoms with Crippen LogP contribution in [0.2, 0.25) is 0 Å². The fraction of sp³-hybridized carbons (Fsp3) is 1.00. The molecule has 0 unspecified atom stereocenters. The molecule has 4 heavy (non-hydrogen) atoms. The summed E-state index contributed by atoms with van der Waals surface area (Å²) in [6, 6.07) is 0. The van der Waals surface area contributed by atoms with E-state index in [-0.39, 0.29) is 22.8 Å². The van der Waals surface area contributed by atoms with E-state index < -0.39 is 0 Å². The van der Waals surface area contributed by atoms with E-state index in [0.717, 1.165) is 7.11 Å². The van der Waals surface area contributed by atoms with Crippen molar-refractivity contribution < 1.29 is 10.6 Å². The largest absolute Gasteiger partial charge is 2.00 e. The van der Waals surface area contributed by atoms with Gasteiger partial charge in [-0.3, -0.25) is 0 Å². The summed E-state index contributed by atoms with van der Waals surface area (Å²) in [5.41, 5.74) is 0. The molecule has 0 amide bonds. The summed E-state index contributed by atoms with van der Waals surface area (Å²) in [6.45, 7) is 0. The van der Waals surface area contributed by atoms with Crippen LogP contribution < -0.4 is 5.11 Å². The topological polar surface area (TPSA) is 53.1 Å². The third kappa shape index (κ3) is 25.3. The van der Waals surface area contributed by atoms with Crippen LogP contribution in [0.1, 0.15) is 0 Å². The SMILES string of the molecule is C[O-].[Al+2].[OH-]. The first kappa shape index (κ1) is 25.2. The Morgan fingerprint density at radius 3 is 1.25 bits per heavy atom. The monoisotopic (exact) mass is 75.0 g/mol. The molecule has 1 radical (unpaired) electrons. The maximum atomic E-state index is 8.25. The van der Waals surface area contributed by atoms with Crippen molar-refractivity contribution in [2.24, 2.45) is 0 Å². The summed E-state index contributed by atoms with van der Waals surface area (Å²) in [5, 5.41) is 8.25. The Balaban J connectivity index is -0.00000000500. The minimum atomic E-state index is 0. The van der Waals surface area contributed by atoms with E-state index in [4.69, 9.17) is 5.11 Å². The second kappa shape index (κ2) is 101. The molecule has 0 aromatic carbocycles. The zero-order chi connectivity index (χ0) is 2.00. The Morgan fingerprint density at radius 1 is 1.25 bits per heavy atom. The molecule has 0 atom stereocenters. The minimum Gasteiger partial charge on any atom is -0.870 e. The van der Waals surface area contributed by atoms with E-state index in [1.165, 1.54) is 0 Å². The van der Waals surface area contributed by atoms with E-state index in [2.05, 4.69) is 0 Å². The Kier molecular flexibility index (Phi) is 638. The van der Waals surface area contributed by atoms with E-state index in [9.17, 15) is 0 Å². The second-order valence-corrected chi connectivity index (χ2v) is 0. The normalized spacial score (nSPS) is 1.50. The zero-order valence-corrected chi connectivity index (χ0v) is 3.59. The summed E-state index contributed by atoms with van der Waals surface area (Å²) < 4.78 is 0. The molecule has 0 aromatic heterocycles. The molecule has 2 nitrogen and oxygen atoms in total. The van der Waals surface area contributed by atoms with Crippen LogP contribution in [0.5, 0.6) is 0 Å². The van der Waals surface area contributed by atoms with Crippen molar-refractivity contribution in [3.63, 3.8) is 0 Å². The van der Waals surface area contributed by atoms with Gasteiger partial charge in [0.25, 0.3) is 0 Å². The first-order valence-electron chi connectivity index (χ1n) is 0.408. The average molecular weight is 75.0 g/mol. The molecule has 3 heteroatoms. The standard InChI is InChI=1S/CH3O.Al.H2O/c1-2;;/h1H3;;1H2/q-1;+2;/p-1. The smallest absolute Gasteiger partial charge is 0.870 e. The Labute approximate surface area is 35.9 Å². The molecule has 1 N–H and O–H groups in total. The van der Waals surface area contributed by atoms with Crippen molar-refractivity contribution in [3.05, 3.63) is 0 Å². The summed E-state index contributed by atoms with van der Waals surface area (Å²) in [7, 11) is 0.750.